The Morgan fingerprint density at radius 2 is 2.20 bits per heavy atom. The quantitative estimate of drug-likeness (QED) is 0.580. The summed E-state index contributed by atoms with van der Waals surface area (Å²) in [6.45, 7) is 0. The van der Waals surface area contributed by atoms with Crippen molar-refractivity contribution in [2.24, 2.45) is 5.84 Å². The van der Waals surface area contributed by atoms with Gasteiger partial charge in [0.2, 0.25) is 0 Å². The van der Waals surface area contributed by atoms with Gasteiger partial charge in [-0.15, -0.1) is 0 Å². The zero-order valence-electron chi connectivity index (χ0n) is 10.6. The maximum atomic E-state index is 12.0. The number of anilines is 2. The summed E-state index contributed by atoms with van der Waals surface area (Å²) >= 11 is 3.35. The van der Waals surface area contributed by atoms with Crippen molar-refractivity contribution in [1.82, 2.24) is 9.97 Å². The molecule has 1 amide bonds. The van der Waals surface area contributed by atoms with Gasteiger partial charge in [0.25, 0.3) is 5.91 Å². The van der Waals surface area contributed by atoms with E-state index in [1.165, 1.54) is 12.4 Å². The lowest BCUT2D eigenvalue weighted by Crippen LogP contribution is -2.16. The lowest BCUT2D eigenvalue weighted by atomic mass is 10.3. The highest BCUT2D eigenvalue weighted by molar-refractivity contribution is 9.10. The fourth-order valence-electron chi connectivity index (χ4n) is 1.48. The largest absolute Gasteiger partial charge is 0.496 e. The first-order valence-electron chi connectivity index (χ1n) is 5.57. The van der Waals surface area contributed by atoms with Crippen molar-refractivity contribution in [1.29, 1.82) is 0 Å². The standard InChI is InChI=1S/C12H12BrN5O2/c1-20-10-3-2-7(4-8(10)13)16-12(19)9-5-15-6-11(17-9)18-14/h2-6H,14H2,1H3,(H,16,19)(H,17,18). The third-order valence-corrected chi connectivity index (χ3v) is 3.04. The van der Waals surface area contributed by atoms with Crippen molar-refractivity contribution in [2.75, 3.05) is 17.9 Å². The molecule has 104 valence electrons. The molecule has 0 spiro atoms. The number of amides is 1. The molecule has 1 heterocycles. The molecule has 7 nitrogen and oxygen atoms in total. The minimum Gasteiger partial charge on any atom is -0.496 e. The molecule has 0 saturated carbocycles. The summed E-state index contributed by atoms with van der Waals surface area (Å²) in [6.07, 6.45) is 2.77. The number of hydrogen-bond acceptors (Lipinski definition) is 6. The number of ether oxygens (including phenoxy) is 1. The van der Waals surface area contributed by atoms with E-state index < -0.39 is 0 Å². The highest BCUT2D eigenvalue weighted by Crippen LogP contribution is 2.27. The second kappa shape index (κ2) is 6.31. The molecular weight excluding hydrogens is 326 g/mol. The Labute approximate surface area is 123 Å². The van der Waals surface area contributed by atoms with Gasteiger partial charge in [-0.2, -0.15) is 0 Å². The maximum absolute atomic E-state index is 12.0. The van der Waals surface area contributed by atoms with Crippen LogP contribution in [0.2, 0.25) is 0 Å². The number of aromatic nitrogens is 2. The van der Waals surface area contributed by atoms with Crippen molar-refractivity contribution < 1.29 is 9.53 Å². The summed E-state index contributed by atoms with van der Waals surface area (Å²) in [4.78, 5) is 19.9. The van der Waals surface area contributed by atoms with Gasteiger partial charge >= 0.3 is 0 Å². The van der Waals surface area contributed by atoms with Crippen molar-refractivity contribution >= 4 is 33.3 Å². The van der Waals surface area contributed by atoms with Gasteiger partial charge in [-0.05, 0) is 34.1 Å². The first kappa shape index (κ1) is 14.2. The Bertz CT molecular complexity index is 635. The van der Waals surface area contributed by atoms with Crippen LogP contribution < -0.4 is 21.3 Å². The van der Waals surface area contributed by atoms with E-state index in [-0.39, 0.29) is 11.6 Å². The Morgan fingerprint density at radius 3 is 2.85 bits per heavy atom. The fraction of sp³-hybridized carbons (Fsp3) is 0.0833. The Kier molecular flexibility index (Phi) is 4.49. The van der Waals surface area contributed by atoms with E-state index in [2.05, 4.69) is 36.6 Å². The van der Waals surface area contributed by atoms with Crippen LogP contribution in [-0.2, 0) is 0 Å². The number of hydrazine groups is 1. The zero-order valence-corrected chi connectivity index (χ0v) is 12.1. The lowest BCUT2D eigenvalue weighted by Gasteiger charge is -2.08. The summed E-state index contributed by atoms with van der Waals surface area (Å²) in [7, 11) is 1.57. The molecule has 1 aromatic heterocycles. The van der Waals surface area contributed by atoms with Crippen LogP contribution in [0.5, 0.6) is 5.75 Å². The van der Waals surface area contributed by atoms with Crippen molar-refractivity contribution in [3.05, 3.63) is 40.8 Å². The van der Waals surface area contributed by atoms with Crippen LogP contribution >= 0.6 is 15.9 Å². The minimum atomic E-state index is -0.383. The fourth-order valence-corrected chi connectivity index (χ4v) is 2.02. The van der Waals surface area contributed by atoms with Gasteiger partial charge in [-0.3, -0.25) is 9.78 Å². The molecule has 0 radical (unpaired) electrons. The van der Waals surface area contributed by atoms with Crippen LogP contribution in [0, 0.1) is 0 Å². The van der Waals surface area contributed by atoms with Crippen molar-refractivity contribution in [2.45, 2.75) is 0 Å². The number of nitrogen functional groups attached to an aromatic ring is 1. The normalized spacial score (nSPS) is 9.95. The molecule has 1 aromatic carbocycles. The Hall–Kier alpha value is -2.19. The highest BCUT2D eigenvalue weighted by Gasteiger charge is 2.10. The SMILES string of the molecule is COc1ccc(NC(=O)c2cncc(NN)n2)cc1Br. The first-order chi connectivity index (χ1) is 9.63. The van der Waals surface area contributed by atoms with Gasteiger partial charge in [-0.25, -0.2) is 10.8 Å². The summed E-state index contributed by atoms with van der Waals surface area (Å²) in [5.74, 6) is 5.83. The predicted molar refractivity (Wildman–Crippen MR) is 78.5 cm³/mol. The average Bonchev–Trinajstić information content (AvgIpc) is 2.47. The van der Waals surface area contributed by atoms with Crippen LogP contribution in [0.25, 0.3) is 0 Å². The molecule has 20 heavy (non-hydrogen) atoms. The topological polar surface area (TPSA) is 102 Å². The number of carbonyl (C=O) groups is 1. The minimum absolute atomic E-state index is 0.160. The predicted octanol–water partition coefficient (Wildman–Crippen LogP) is 1.79. The number of methoxy groups -OCH3 is 1. The lowest BCUT2D eigenvalue weighted by molar-refractivity contribution is 0.102. The van der Waals surface area contributed by atoms with Crippen LogP contribution in [0.1, 0.15) is 10.5 Å². The molecule has 8 heteroatoms. The highest BCUT2D eigenvalue weighted by atomic mass is 79.9. The second-order valence-corrected chi connectivity index (χ2v) is 4.59. The Balaban J connectivity index is 2.16. The monoisotopic (exact) mass is 337 g/mol. The average molecular weight is 338 g/mol. The van der Waals surface area contributed by atoms with Gasteiger partial charge in [0.05, 0.1) is 24.0 Å². The summed E-state index contributed by atoms with van der Waals surface area (Å²) in [5, 5.41) is 2.71. The van der Waals surface area contributed by atoms with Crippen LogP contribution in [0.15, 0.2) is 35.1 Å². The number of hydrogen-bond donors (Lipinski definition) is 3. The Morgan fingerprint density at radius 1 is 1.40 bits per heavy atom. The molecule has 2 aromatic rings. The van der Waals surface area contributed by atoms with Crippen LogP contribution in [0.3, 0.4) is 0 Å². The van der Waals surface area contributed by atoms with E-state index in [1.807, 2.05) is 0 Å². The molecule has 0 aliphatic rings. The summed E-state index contributed by atoms with van der Waals surface area (Å²) in [5.41, 5.74) is 3.10. The zero-order chi connectivity index (χ0) is 14.5. The van der Waals surface area contributed by atoms with E-state index in [4.69, 9.17) is 10.6 Å². The third kappa shape index (κ3) is 3.22. The molecule has 0 unspecified atom stereocenters. The number of halogens is 1. The second-order valence-electron chi connectivity index (χ2n) is 3.74. The third-order valence-electron chi connectivity index (χ3n) is 2.42. The van der Waals surface area contributed by atoms with Gasteiger partial charge in [-0.1, -0.05) is 0 Å². The van der Waals surface area contributed by atoms with E-state index in [0.29, 0.717) is 17.3 Å². The molecule has 0 aliphatic carbocycles. The molecule has 0 aliphatic heterocycles. The molecule has 0 saturated heterocycles. The molecule has 2 rings (SSSR count). The van der Waals surface area contributed by atoms with E-state index >= 15 is 0 Å². The summed E-state index contributed by atoms with van der Waals surface area (Å²) < 4.78 is 5.85. The number of nitrogens with zero attached hydrogens (tertiary/aromatic N) is 2. The number of carbonyl (C=O) groups excluding carboxylic acids is 1. The number of rotatable bonds is 4. The van der Waals surface area contributed by atoms with E-state index in [0.717, 1.165) is 4.47 Å². The molecule has 4 N–H and O–H groups in total. The van der Waals surface area contributed by atoms with Crippen molar-refractivity contribution in [3.63, 3.8) is 0 Å². The molecule has 0 fully saturated rings. The van der Waals surface area contributed by atoms with Gasteiger partial charge in [0.15, 0.2) is 5.82 Å². The smallest absolute Gasteiger partial charge is 0.275 e. The van der Waals surface area contributed by atoms with E-state index in [9.17, 15) is 4.79 Å². The molecule has 0 atom stereocenters. The van der Waals surface area contributed by atoms with Gasteiger partial charge < -0.3 is 15.5 Å². The number of benzene rings is 1. The molecular formula is C12H12BrN5O2. The van der Waals surface area contributed by atoms with Crippen LogP contribution in [0.4, 0.5) is 11.5 Å². The summed E-state index contributed by atoms with van der Waals surface area (Å²) in [6, 6.07) is 5.19. The van der Waals surface area contributed by atoms with Crippen LogP contribution in [-0.4, -0.2) is 23.0 Å². The number of nitrogens with two attached hydrogens (primary N) is 1. The first-order valence-corrected chi connectivity index (χ1v) is 6.37. The number of nitrogens with one attached hydrogen (secondary N) is 2. The van der Waals surface area contributed by atoms with Gasteiger partial charge in [0.1, 0.15) is 11.4 Å². The van der Waals surface area contributed by atoms with Gasteiger partial charge in [0, 0.05) is 5.69 Å². The van der Waals surface area contributed by atoms with Crippen molar-refractivity contribution in [3.8, 4) is 5.75 Å². The maximum Gasteiger partial charge on any atom is 0.275 e. The molecule has 0 bridgehead atoms. The van der Waals surface area contributed by atoms with E-state index in [1.54, 1.807) is 25.3 Å².